The van der Waals surface area contributed by atoms with Gasteiger partial charge in [0.2, 0.25) is 0 Å². The molecule has 0 radical (unpaired) electrons. The van der Waals surface area contributed by atoms with Crippen molar-refractivity contribution in [3.8, 4) is 17.2 Å². The van der Waals surface area contributed by atoms with Crippen LogP contribution < -0.4 is 9.47 Å². The summed E-state index contributed by atoms with van der Waals surface area (Å²) in [4.78, 5) is 31.7. The Balaban J connectivity index is 1.89. The Morgan fingerprint density at radius 2 is 1.82 bits per heavy atom. The molecule has 3 aromatic rings. The van der Waals surface area contributed by atoms with Crippen LogP contribution in [0.3, 0.4) is 0 Å². The van der Waals surface area contributed by atoms with Crippen molar-refractivity contribution in [2.24, 2.45) is 0 Å². The van der Waals surface area contributed by atoms with E-state index in [4.69, 9.17) is 9.47 Å². The number of nitrogens with zero attached hydrogens (tertiary/aromatic N) is 2. The van der Waals surface area contributed by atoms with Crippen molar-refractivity contribution in [3.63, 3.8) is 0 Å². The second-order valence-corrected chi connectivity index (χ2v) is 7.45. The van der Waals surface area contributed by atoms with Crippen LogP contribution in [0.15, 0.2) is 72.6 Å². The van der Waals surface area contributed by atoms with Gasteiger partial charge in [0.25, 0.3) is 11.7 Å². The fraction of sp³-hybridized carbons (Fsp3) is 0.160. The van der Waals surface area contributed by atoms with Crippen LogP contribution in [0.5, 0.6) is 17.2 Å². The van der Waals surface area contributed by atoms with Crippen molar-refractivity contribution in [3.05, 3.63) is 89.3 Å². The predicted molar refractivity (Wildman–Crippen MR) is 120 cm³/mol. The molecular formula is C25H22N2O6. The van der Waals surface area contributed by atoms with Gasteiger partial charge < -0.3 is 24.6 Å². The quantitative estimate of drug-likeness (QED) is 0.339. The number of hydrogen-bond donors (Lipinski definition) is 2. The Bertz CT molecular complexity index is 1220. The third-order valence-corrected chi connectivity index (χ3v) is 5.49. The molecule has 0 saturated carbocycles. The van der Waals surface area contributed by atoms with Crippen LogP contribution in [0, 0.1) is 0 Å². The summed E-state index contributed by atoms with van der Waals surface area (Å²) in [6, 6.07) is 13.6. The molecule has 168 valence electrons. The normalized spacial score (nSPS) is 17.3. The van der Waals surface area contributed by atoms with E-state index >= 15 is 0 Å². The van der Waals surface area contributed by atoms with Gasteiger partial charge in [-0.3, -0.25) is 14.6 Å². The number of likely N-dealkylation sites (tertiary alicyclic amines) is 1. The average molecular weight is 446 g/mol. The molecule has 1 aliphatic rings. The lowest BCUT2D eigenvalue weighted by atomic mass is 9.94. The first-order chi connectivity index (χ1) is 15.9. The summed E-state index contributed by atoms with van der Waals surface area (Å²) in [6.07, 6.45) is 3.23. The van der Waals surface area contributed by atoms with Crippen molar-refractivity contribution < 1.29 is 29.3 Å². The van der Waals surface area contributed by atoms with Crippen molar-refractivity contribution in [1.29, 1.82) is 0 Å². The number of benzene rings is 2. The molecule has 33 heavy (non-hydrogen) atoms. The summed E-state index contributed by atoms with van der Waals surface area (Å²) in [7, 11) is 2.94. The van der Waals surface area contributed by atoms with Gasteiger partial charge >= 0.3 is 0 Å². The number of methoxy groups -OCH3 is 2. The first kappa shape index (κ1) is 21.9. The number of aliphatic hydroxyl groups is 1. The molecule has 1 saturated heterocycles. The number of phenolic OH excluding ortho intramolecular Hbond substituents is 1. The van der Waals surface area contributed by atoms with Gasteiger partial charge in [0, 0.05) is 25.0 Å². The van der Waals surface area contributed by atoms with Crippen molar-refractivity contribution >= 4 is 17.4 Å². The lowest BCUT2D eigenvalue weighted by Crippen LogP contribution is -2.29. The van der Waals surface area contributed by atoms with Crippen molar-refractivity contribution in [1.82, 2.24) is 9.88 Å². The zero-order chi connectivity index (χ0) is 23.5. The Labute approximate surface area is 190 Å². The Hall–Kier alpha value is -4.33. The number of hydrogen-bond acceptors (Lipinski definition) is 7. The van der Waals surface area contributed by atoms with E-state index in [0.29, 0.717) is 11.3 Å². The summed E-state index contributed by atoms with van der Waals surface area (Å²) >= 11 is 0. The maximum absolute atomic E-state index is 13.2. The zero-order valence-corrected chi connectivity index (χ0v) is 18.1. The number of amides is 1. The molecular weight excluding hydrogens is 424 g/mol. The van der Waals surface area contributed by atoms with Crippen molar-refractivity contribution in [2.75, 3.05) is 14.2 Å². The van der Waals surface area contributed by atoms with Crippen LogP contribution in [0.4, 0.5) is 0 Å². The minimum atomic E-state index is -0.877. The highest BCUT2D eigenvalue weighted by Gasteiger charge is 2.46. The SMILES string of the molecule is COc1ccc(/C(O)=C2/C(=O)C(=O)N(Cc3cccnc3)C2c2ccc(O)cc2)c(OC)c1. The summed E-state index contributed by atoms with van der Waals surface area (Å²) in [5.41, 5.74) is 1.47. The summed E-state index contributed by atoms with van der Waals surface area (Å²) in [6.45, 7) is 0.112. The Morgan fingerprint density at radius 1 is 1.06 bits per heavy atom. The van der Waals surface area contributed by atoms with E-state index in [1.165, 1.54) is 31.3 Å². The van der Waals surface area contributed by atoms with E-state index in [0.717, 1.165) is 5.56 Å². The number of ketones is 1. The molecule has 0 bridgehead atoms. The van der Waals surface area contributed by atoms with Gasteiger partial charge in [-0.15, -0.1) is 0 Å². The second kappa shape index (κ2) is 9.04. The smallest absolute Gasteiger partial charge is 0.295 e. The summed E-state index contributed by atoms with van der Waals surface area (Å²) < 4.78 is 10.6. The number of pyridine rings is 1. The number of aliphatic hydroxyl groups excluding tert-OH is 1. The molecule has 2 heterocycles. The molecule has 8 heteroatoms. The number of aromatic nitrogens is 1. The van der Waals surface area contributed by atoms with E-state index in [1.54, 1.807) is 54.9 Å². The summed E-state index contributed by atoms with van der Waals surface area (Å²) in [5, 5.41) is 21.0. The number of carbonyl (C=O) groups is 2. The molecule has 1 fully saturated rings. The molecule has 0 spiro atoms. The summed E-state index contributed by atoms with van der Waals surface area (Å²) in [5.74, 6) is -1.08. The third-order valence-electron chi connectivity index (χ3n) is 5.49. The molecule has 8 nitrogen and oxygen atoms in total. The predicted octanol–water partition coefficient (Wildman–Crippen LogP) is 3.43. The van der Waals surface area contributed by atoms with E-state index in [9.17, 15) is 19.8 Å². The zero-order valence-electron chi connectivity index (χ0n) is 18.1. The maximum atomic E-state index is 13.2. The standard InChI is InChI=1S/C25H22N2O6/c1-32-18-9-10-19(20(12-18)33-2)23(29)21-22(16-5-7-17(28)8-6-16)27(25(31)24(21)30)14-15-4-3-11-26-13-15/h3-13,22,28-29H,14H2,1-2H3/b23-21-. The molecule has 1 aliphatic heterocycles. The number of carbonyl (C=O) groups excluding carboxylic acids is 2. The lowest BCUT2D eigenvalue weighted by Gasteiger charge is -2.25. The van der Waals surface area contributed by atoms with E-state index in [1.807, 2.05) is 0 Å². The van der Waals surface area contributed by atoms with Crippen LogP contribution in [-0.2, 0) is 16.1 Å². The molecule has 1 atom stereocenters. The second-order valence-electron chi connectivity index (χ2n) is 7.45. The number of aromatic hydroxyl groups is 1. The largest absolute Gasteiger partial charge is 0.508 e. The molecule has 2 aromatic carbocycles. The van der Waals surface area contributed by atoms with Gasteiger partial charge in [0.05, 0.1) is 31.4 Å². The third kappa shape index (κ3) is 4.10. The van der Waals surface area contributed by atoms with Crippen LogP contribution >= 0.6 is 0 Å². The first-order valence-corrected chi connectivity index (χ1v) is 10.1. The molecule has 4 rings (SSSR count). The first-order valence-electron chi connectivity index (χ1n) is 10.1. The number of phenols is 1. The highest BCUT2D eigenvalue weighted by Crippen LogP contribution is 2.42. The van der Waals surface area contributed by atoms with Gasteiger partial charge in [0.1, 0.15) is 23.0 Å². The molecule has 1 unspecified atom stereocenters. The van der Waals surface area contributed by atoms with E-state index < -0.39 is 17.7 Å². The maximum Gasteiger partial charge on any atom is 0.295 e. The number of ether oxygens (including phenoxy) is 2. The van der Waals surface area contributed by atoms with Gasteiger partial charge in [-0.05, 0) is 41.5 Å². The van der Waals surface area contributed by atoms with Crippen LogP contribution in [0.1, 0.15) is 22.7 Å². The van der Waals surface area contributed by atoms with Gasteiger partial charge in [0.15, 0.2) is 0 Å². The molecule has 0 aliphatic carbocycles. The van der Waals surface area contributed by atoms with Crippen LogP contribution in [0.2, 0.25) is 0 Å². The molecule has 1 amide bonds. The van der Waals surface area contributed by atoms with E-state index in [2.05, 4.69) is 4.98 Å². The van der Waals surface area contributed by atoms with Crippen molar-refractivity contribution in [2.45, 2.75) is 12.6 Å². The number of rotatable bonds is 6. The van der Waals surface area contributed by atoms with Gasteiger partial charge in [-0.1, -0.05) is 18.2 Å². The Kier molecular flexibility index (Phi) is 5.99. The monoisotopic (exact) mass is 446 g/mol. The lowest BCUT2D eigenvalue weighted by molar-refractivity contribution is -0.140. The minimum Gasteiger partial charge on any atom is -0.508 e. The highest BCUT2D eigenvalue weighted by atomic mass is 16.5. The average Bonchev–Trinajstić information content (AvgIpc) is 3.09. The van der Waals surface area contributed by atoms with Gasteiger partial charge in [-0.2, -0.15) is 0 Å². The van der Waals surface area contributed by atoms with Crippen LogP contribution in [0.25, 0.3) is 5.76 Å². The molecule has 2 N–H and O–H groups in total. The highest BCUT2D eigenvalue weighted by molar-refractivity contribution is 6.46. The minimum absolute atomic E-state index is 0.0415. The fourth-order valence-electron chi connectivity index (χ4n) is 3.87. The fourth-order valence-corrected chi connectivity index (χ4v) is 3.87. The van der Waals surface area contributed by atoms with E-state index in [-0.39, 0.29) is 34.9 Å². The Morgan fingerprint density at radius 3 is 2.45 bits per heavy atom. The topological polar surface area (TPSA) is 109 Å². The van der Waals surface area contributed by atoms with Crippen LogP contribution in [-0.4, -0.2) is 46.0 Å². The van der Waals surface area contributed by atoms with Gasteiger partial charge in [-0.25, -0.2) is 0 Å². The number of Topliss-reactive ketones (excluding diaryl/α,β-unsaturated/α-hetero) is 1. The molecule has 1 aromatic heterocycles.